The monoisotopic (exact) mass is 534 g/mol. The minimum Gasteiger partial charge on any atom is -0.453 e. The van der Waals surface area contributed by atoms with E-state index < -0.39 is 18.2 Å². The summed E-state index contributed by atoms with van der Waals surface area (Å²) in [5, 5.41) is 5.48. The first-order valence-corrected chi connectivity index (χ1v) is 13.9. The van der Waals surface area contributed by atoms with Gasteiger partial charge in [0, 0.05) is 24.0 Å². The van der Waals surface area contributed by atoms with Crippen molar-refractivity contribution >= 4 is 29.3 Å². The predicted octanol–water partition coefficient (Wildman–Crippen LogP) is 5.39. The number of ether oxygens (including phenoxy) is 1. The lowest BCUT2D eigenvalue weighted by atomic mass is 9.87. The molecule has 2 fully saturated rings. The molecule has 2 N–H and O–H groups in total. The summed E-state index contributed by atoms with van der Waals surface area (Å²) in [7, 11) is 1.25. The second-order valence-electron chi connectivity index (χ2n) is 11.8. The van der Waals surface area contributed by atoms with Gasteiger partial charge < -0.3 is 25.2 Å². The van der Waals surface area contributed by atoms with E-state index in [1.54, 1.807) is 11.8 Å². The Bertz CT molecular complexity index is 1170. The van der Waals surface area contributed by atoms with Crippen LogP contribution in [0.15, 0.2) is 48.5 Å². The van der Waals surface area contributed by atoms with Crippen LogP contribution in [0.2, 0.25) is 0 Å². The Balaban J connectivity index is 1.42. The van der Waals surface area contributed by atoms with Gasteiger partial charge in [-0.3, -0.25) is 9.59 Å². The summed E-state index contributed by atoms with van der Waals surface area (Å²) in [6.45, 7) is 11.0. The van der Waals surface area contributed by atoms with Crippen LogP contribution in [-0.2, 0) is 19.7 Å². The molecule has 0 radical (unpaired) electrons. The number of amides is 3. The second-order valence-corrected chi connectivity index (χ2v) is 11.8. The predicted molar refractivity (Wildman–Crippen MR) is 154 cm³/mol. The number of anilines is 2. The van der Waals surface area contributed by atoms with Crippen molar-refractivity contribution in [1.29, 1.82) is 0 Å². The van der Waals surface area contributed by atoms with E-state index in [0.717, 1.165) is 19.3 Å². The third-order valence-electron chi connectivity index (χ3n) is 7.99. The number of carbonyl (C=O) groups is 3. The van der Waals surface area contributed by atoms with Crippen LogP contribution in [-0.4, -0.2) is 54.6 Å². The summed E-state index contributed by atoms with van der Waals surface area (Å²) in [4.78, 5) is 41.5. The van der Waals surface area contributed by atoms with Crippen molar-refractivity contribution in [1.82, 2.24) is 10.2 Å². The number of alkyl carbamates (subject to hydrolysis) is 1. The molecule has 0 aromatic heterocycles. The molecule has 8 heteroatoms. The molecule has 0 spiro atoms. The molecule has 0 bridgehead atoms. The fraction of sp³-hybridized carbons (Fsp3) is 0.516. The molecular weight excluding hydrogens is 492 g/mol. The lowest BCUT2D eigenvalue weighted by Crippen LogP contribution is -2.51. The first-order valence-electron chi connectivity index (χ1n) is 13.9. The molecule has 2 heterocycles. The molecule has 2 saturated heterocycles. The van der Waals surface area contributed by atoms with Gasteiger partial charge in [-0.1, -0.05) is 45.0 Å². The van der Waals surface area contributed by atoms with Gasteiger partial charge in [-0.25, -0.2) is 4.79 Å². The van der Waals surface area contributed by atoms with Gasteiger partial charge in [0.1, 0.15) is 12.1 Å². The summed E-state index contributed by atoms with van der Waals surface area (Å²) in [5.74, 6) is -0.506. The largest absolute Gasteiger partial charge is 0.453 e. The molecule has 4 atom stereocenters. The number of hydrogen-bond donors (Lipinski definition) is 2. The van der Waals surface area contributed by atoms with Gasteiger partial charge >= 0.3 is 6.09 Å². The van der Waals surface area contributed by atoms with E-state index in [1.807, 2.05) is 12.1 Å². The van der Waals surface area contributed by atoms with E-state index in [0.29, 0.717) is 24.7 Å². The molecule has 210 valence electrons. The number of likely N-dealkylation sites (tertiary alicyclic amines) is 1. The lowest BCUT2D eigenvalue weighted by molar-refractivity contribution is -0.137. The Morgan fingerprint density at radius 1 is 0.974 bits per heavy atom. The average Bonchev–Trinajstić information content (AvgIpc) is 3.55. The third kappa shape index (κ3) is 6.37. The topological polar surface area (TPSA) is 91.0 Å². The van der Waals surface area contributed by atoms with Gasteiger partial charge in [0.25, 0.3) is 0 Å². The maximum absolute atomic E-state index is 13.1. The number of methoxy groups -OCH3 is 1. The van der Waals surface area contributed by atoms with Gasteiger partial charge in [-0.15, -0.1) is 0 Å². The quantitative estimate of drug-likeness (QED) is 0.519. The first kappa shape index (κ1) is 28.5. The van der Waals surface area contributed by atoms with Crippen LogP contribution < -0.4 is 15.5 Å². The van der Waals surface area contributed by atoms with Crippen molar-refractivity contribution in [3.8, 4) is 0 Å². The maximum Gasteiger partial charge on any atom is 0.407 e. The van der Waals surface area contributed by atoms with Crippen molar-refractivity contribution in [3.63, 3.8) is 0 Å². The van der Waals surface area contributed by atoms with Crippen LogP contribution >= 0.6 is 0 Å². The van der Waals surface area contributed by atoms with E-state index in [9.17, 15) is 14.4 Å². The molecule has 2 aliphatic rings. The zero-order valence-corrected chi connectivity index (χ0v) is 24.0. The third-order valence-corrected chi connectivity index (χ3v) is 7.99. The van der Waals surface area contributed by atoms with E-state index >= 15 is 0 Å². The Hall–Kier alpha value is -3.55. The van der Waals surface area contributed by atoms with Gasteiger partial charge in [0.2, 0.25) is 11.8 Å². The van der Waals surface area contributed by atoms with E-state index in [4.69, 9.17) is 0 Å². The smallest absolute Gasteiger partial charge is 0.407 e. The van der Waals surface area contributed by atoms with Crippen LogP contribution in [0.4, 0.5) is 16.2 Å². The Morgan fingerprint density at radius 2 is 1.64 bits per heavy atom. The molecule has 3 amide bonds. The van der Waals surface area contributed by atoms with Crippen LogP contribution in [0, 0.1) is 0 Å². The highest BCUT2D eigenvalue weighted by atomic mass is 16.5. The molecule has 8 nitrogen and oxygen atoms in total. The molecule has 2 aromatic rings. The highest BCUT2D eigenvalue weighted by molar-refractivity contribution is 5.98. The SMILES string of the molecule is COC(=O)N[C@@H](C)C(=O)N1CCC[C@H]1C(=O)Nc1ccc([C@@H]2CC[C@@H](C)N2c2ccc(C(C)(C)C)cc2)cc1. The number of rotatable bonds is 6. The summed E-state index contributed by atoms with van der Waals surface area (Å²) < 4.78 is 4.58. The zero-order valence-electron chi connectivity index (χ0n) is 24.0. The standard InChI is InChI=1S/C31H42N4O4/c1-20-9-18-26(35(20)25-16-12-23(13-17-25)31(3,4)5)22-10-14-24(15-11-22)33-28(36)27-8-7-19-34(27)29(37)21(2)32-30(38)39-6/h10-17,20-21,26-27H,7-9,18-19H2,1-6H3,(H,32,38)(H,33,36)/t20-,21+,26+,27+/m1/s1. The summed E-state index contributed by atoms with van der Waals surface area (Å²) >= 11 is 0. The van der Waals surface area contributed by atoms with Gasteiger partial charge in [0.15, 0.2) is 0 Å². The molecule has 2 aromatic carbocycles. The Labute approximate surface area is 232 Å². The highest BCUT2D eigenvalue weighted by Crippen LogP contribution is 2.40. The lowest BCUT2D eigenvalue weighted by Gasteiger charge is -2.32. The second kappa shape index (κ2) is 11.7. The molecule has 39 heavy (non-hydrogen) atoms. The van der Waals surface area contributed by atoms with E-state index in [2.05, 4.69) is 84.4 Å². The normalized spacial score (nSPS) is 21.9. The fourth-order valence-electron chi connectivity index (χ4n) is 5.74. The Kier molecular flexibility index (Phi) is 8.52. The summed E-state index contributed by atoms with van der Waals surface area (Å²) in [6.07, 6.45) is 2.85. The number of hydrogen-bond acceptors (Lipinski definition) is 5. The van der Waals surface area contributed by atoms with Gasteiger partial charge in [-0.05, 0) is 80.3 Å². The van der Waals surface area contributed by atoms with Crippen LogP contribution in [0.5, 0.6) is 0 Å². The number of nitrogens with zero attached hydrogens (tertiary/aromatic N) is 2. The molecule has 0 unspecified atom stereocenters. The van der Waals surface area contributed by atoms with Crippen molar-refractivity contribution in [3.05, 3.63) is 59.7 Å². The van der Waals surface area contributed by atoms with Crippen molar-refractivity contribution in [2.24, 2.45) is 0 Å². The van der Waals surface area contributed by atoms with Gasteiger partial charge in [0.05, 0.1) is 13.2 Å². The van der Waals surface area contributed by atoms with Crippen molar-refractivity contribution < 1.29 is 19.1 Å². The number of nitrogens with one attached hydrogen (secondary N) is 2. The van der Waals surface area contributed by atoms with Crippen molar-refractivity contribution in [2.45, 2.75) is 89.9 Å². The summed E-state index contributed by atoms with van der Waals surface area (Å²) in [6, 6.07) is 16.4. The maximum atomic E-state index is 13.1. The van der Waals surface area contributed by atoms with E-state index in [1.165, 1.54) is 23.9 Å². The van der Waals surface area contributed by atoms with Crippen molar-refractivity contribution in [2.75, 3.05) is 23.9 Å². The minimum absolute atomic E-state index is 0.121. The van der Waals surface area contributed by atoms with Crippen LogP contribution in [0.25, 0.3) is 0 Å². The minimum atomic E-state index is -0.772. The molecule has 2 aliphatic heterocycles. The summed E-state index contributed by atoms with van der Waals surface area (Å²) in [5.41, 5.74) is 4.60. The van der Waals surface area contributed by atoms with Crippen LogP contribution in [0.1, 0.15) is 77.5 Å². The number of benzene rings is 2. The molecular formula is C31H42N4O4. The zero-order chi connectivity index (χ0) is 28.3. The Morgan fingerprint density at radius 3 is 2.26 bits per heavy atom. The average molecular weight is 535 g/mol. The van der Waals surface area contributed by atoms with E-state index in [-0.39, 0.29) is 23.3 Å². The molecule has 4 rings (SSSR count). The molecule has 0 aliphatic carbocycles. The van der Waals surface area contributed by atoms with Crippen LogP contribution in [0.3, 0.4) is 0 Å². The molecule has 0 saturated carbocycles. The fourth-order valence-corrected chi connectivity index (χ4v) is 5.74. The van der Waals surface area contributed by atoms with Gasteiger partial charge in [-0.2, -0.15) is 0 Å². The number of carbonyl (C=O) groups excluding carboxylic acids is 3. The first-order chi connectivity index (χ1) is 18.5. The highest BCUT2D eigenvalue weighted by Gasteiger charge is 2.37.